The van der Waals surface area contributed by atoms with Gasteiger partial charge in [0.25, 0.3) is 0 Å². The lowest BCUT2D eigenvalue weighted by atomic mass is 9.99. The molecule has 0 aliphatic carbocycles. The van der Waals surface area contributed by atoms with E-state index in [1.807, 2.05) is 13.8 Å². The molecule has 108 valence electrons. The number of anilines is 1. The van der Waals surface area contributed by atoms with Gasteiger partial charge in [0.05, 0.1) is 11.2 Å². The van der Waals surface area contributed by atoms with Crippen LogP contribution in [0.4, 0.5) is 10.1 Å². The molecule has 1 saturated heterocycles. The number of nitriles is 1. The Kier molecular flexibility index (Phi) is 2.01. The molecule has 1 aromatic rings. The molecule has 0 bridgehead atoms. The predicted octanol–water partition coefficient (Wildman–Crippen LogP) is 2.69. The highest BCUT2D eigenvalue weighted by Crippen LogP contribution is 2.27. The number of halogens is 1. The molecule has 1 heterocycles. The first-order valence-electron chi connectivity index (χ1n) is 11.2. The molecule has 0 spiro atoms. The minimum atomic E-state index is -3.44. The lowest BCUT2D eigenvalue weighted by molar-refractivity contribution is 0.483. The Morgan fingerprint density at radius 3 is 3.15 bits per heavy atom. The minimum Gasteiger partial charge on any atom is -0.368 e. The molecule has 3 nitrogen and oxygen atoms in total. The Labute approximate surface area is 134 Å². The highest BCUT2D eigenvalue weighted by molar-refractivity contribution is 5.62. The van der Waals surface area contributed by atoms with Crippen LogP contribution in [0.3, 0.4) is 0 Å². The second-order valence-electron chi connectivity index (χ2n) is 4.87. The highest BCUT2D eigenvalue weighted by Gasteiger charge is 2.21. The molecule has 20 heavy (non-hydrogen) atoms. The number of hydrogen-bond donors (Lipinski definition) is 1. The van der Waals surface area contributed by atoms with E-state index in [-0.39, 0.29) is 22.8 Å². The summed E-state index contributed by atoms with van der Waals surface area (Å²) in [4.78, 5) is 0.0708. The maximum absolute atomic E-state index is 14.7. The Balaban J connectivity index is 2.92. The molecule has 1 aliphatic heterocycles. The Hall–Kier alpha value is -1.60. The lowest BCUT2D eigenvalue weighted by Gasteiger charge is -2.34. The SMILES string of the molecule is [2H]C([2H])([2H])C1([2H])NC([2H])([2H])C([2H])([2H])N(c2cc(CC(C)C)cc(F)c2C#N)C1([2H])[2H]. The monoisotopic (exact) mass is 285 g/mol. The van der Waals surface area contributed by atoms with Crippen molar-refractivity contribution in [3.63, 3.8) is 0 Å². The van der Waals surface area contributed by atoms with Crippen molar-refractivity contribution in [2.24, 2.45) is 5.92 Å². The van der Waals surface area contributed by atoms with Crippen molar-refractivity contribution in [1.29, 1.82) is 5.26 Å². The van der Waals surface area contributed by atoms with Crippen LogP contribution in [0.5, 0.6) is 0 Å². The van der Waals surface area contributed by atoms with Crippen molar-refractivity contribution in [2.45, 2.75) is 33.1 Å². The quantitative estimate of drug-likeness (QED) is 0.928. The van der Waals surface area contributed by atoms with Crippen LogP contribution in [0.1, 0.15) is 45.5 Å². The second kappa shape index (κ2) is 6.23. The summed E-state index contributed by atoms with van der Waals surface area (Å²) in [5.74, 6) is -1.06. The van der Waals surface area contributed by atoms with E-state index in [4.69, 9.17) is 13.7 Å². The largest absolute Gasteiger partial charge is 0.368 e. The number of benzene rings is 1. The molecule has 0 amide bonds. The molecule has 0 aromatic heterocycles. The maximum Gasteiger partial charge on any atom is 0.143 e. The molecule has 0 radical (unpaired) electrons. The fraction of sp³-hybridized carbons (Fsp3) is 0.562. The van der Waals surface area contributed by atoms with Gasteiger partial charge in [0.1, 0.15) is 17.4 Å². The Morgan fingerprint density at radius 1 is 1.70 bits per heavy atom. The number of hydrogen-bond acceptors (Lipinski definition) is 3. The normalized spacial score (nSPS) is 38.5. The first kappa shape index (κ1) is 6.44. The van der Waals surface area contributed by atoms with E-state index in [0.717, 1.165) is 12.1 Å². The summed E-state index contributed by atoms with van der Waals surface area (Å²) in [5.41, 5.74) is -1.15. The molecule has 0 saturated carbocycles. The van der Waals surface area contributed by atoms with Gasteiger partial charge in [-0.1, -0.05) is 13.8 Å². The topological polar surface area (TPSA) is 39.1 Å². The van der Waals surface area contributed by atoms with Gasteiger partial charge in [0.15, 0.2) is 0 Å². The summed E-state index contributed by atoms with van der Waals surface area (Å²) in [6.07, 6.45) is 0.284. The van der Waals surface area contributed by atoms with E-state index < -0.39 is 49.4 Å². The third-order valence-corrected chi connectivity index (χ3v) is 2.70. The van der Waals surface area contributed by atoms with E-state index in [1.165, 1.54) is 6.07 Å². The van der Waals surface area contributed by atoms with Crippen molar-refractivity contribution in [2.75, 3.05) is 24.4 Å². The van der Waals surface area contributed by atoms with Crippen molar-refractivity contribution in [1.82, 2.24) is 5.32 Å². The average Bonchev–Trinajstić information content (AvgIpc) is 2.50. The van der Waals surface area contributed by atoms with Crippen LogP contribution in [-0.4, -0.2) is 25.5 Å². The smallest absolute Gasteiger partial charge is 0.143 e. The molecule has 1 aromatic carbocycles. The van der Waals surface area contributed by atoms with Gasteiger partial charge in [-0.2, -0.15) is 5.26 Å². The van der Waals surface area contributed by atoms with E-state index in [9.17, 15) is 9.65 Å². The number of nitrogens with one attached hydrogen (secondary N) is 1. The predicted molar refractivity (Wildman–Crippen MR) is 79.3 cm³/mol. The average molecular weight is 285 g/mol. The molecule has 2 rings (SSSR count). The van der Waals surface area contributed by atoms with Crippen molar-refractivity contribution in [3.05, 3.63) is 29.1 Å². The van der Waals surface area contributed by atoms with Gasteiger partial charge in [-0.25, -0.2) is 4.39 Å². The van der Waals surface area contributed by atoms with E-state index >= 15 is 0 Å². The van der Waals surface area contributed by atoms with Gasteiger partial charge >= 0.3 is 0 Å². The van der Waals surface area contributed by atoms with Gasteiger partial charge in [-0.3, -0.25) is 0 Å². The molecule has 1 fully saturated rings. The van der Waals surface area contributed by atoms with Gasteiger partial charge < -0.3 is 10.2 Å². The molecule has 1 N–H and O–H groups in total. The maximum atomic E-state index is 14.7. The number of rotatable bonds is 3. The molecule has 1 aliphatic rings. The highest BCUT2D eigenvalue weighted by atomic mass is 19.1. The minimum absolute atomic E-state index is 0.0193. The number of nitrogens with zero attached hydrogens (tertiary/aromatic N) is 2. The fourth-order valence-corrected chi connectivity index (χ4v) is 1.96. The van der Waals surface area contributed by atoms with E-state index in [1.54, 1.807) is 5.32 Å². The van der Waals surface area contributed by atoms with Gasteiger partial charge in [-0.15, -0.1) is 0 Å². The molecule has 1 atom stereocenters. The zero-order chi connectivity index (χ0) is 23.5. The standard InChI is InChI=1S/C16H22FN3/c1-11(2)6-13-7-15(17)14(9-18)16(8-13)20-5-4-19-12(3)10-20/h7-8,11-12,19H,4-6,10H2,1-3H3/i3D3,4D2,5D2,10D2,12D. The van der Waals surface area contributed by atoms with Crippen molar-refractivity contribution < 1.29 is 18.1 Å². The summed E-state index contributed by atoms with van der Waals surface area (Å²) < 4.78 is 94.9. The number of piperazine rings is 1. The Bertz CT molecular complexity index is 877. The van der Waals surface area contributed by atoms with Gasteiger partial charge in [0, 0.05) is 33.7 Å². The summed E-state index contributed by atoms with van der Waals surface area (Å²) in [7, 11) is 0. The third kappa shape index (κ3) is 3.29. The summed E-state index contributed by atoms with van der Waals surface area (Å²) >= 11 is 0. The summed E-state index contributed by atoms with van der Waals surface area (Å²) in [6.45, 7) is -9.75. The first-order valence-corrected chi connectivity index (χ1v) is 6.15. The van der Waals surface area contributed by atoms with Crippen LogP contribution < -0.4 is 10.2 Å². The van der Waals surface area contributed by atoms with Gasteiger partial charge in [0.2, 0.25) is 0 Å². The summed E-state index contributed by atoms with van der Waals surface area (Å²) in [6, 6.07) is 0.356. The first-order chi connectivity index (χ1) is 13.3. The van der Waals surface area contributed by atoms with Crippen LogP contribution in [0.25, 0.3) is 0 Å². The molecule has 4 heteroatoms. The second-order valence-corrected chi connectivity index (χ2v) is 4.87. The Morgan fingerprint density at radius 2 is 2.50 bits per heavy atom. The fourth-order valence-electron chi connectivity index (χ4n) is 1.96. The van der Waals surface area contributed by atoms with Crippen LogP contribution in [-0.2, 0) is 6.42 Å². The van der Waals surface area contributed by atoms with Crippen molar-refractivity contribution in [3.8, 4) is 6.07 Å². The van der Waals surface area contributed by atoms with Crippen LogP contribution in [0, 0.1) is 23.1 Å². The van der Waals surface area contributed by atoms with E-state index in [2.05, 4.69) is 0 Å². The van der Waals surface area contributed by atoms with Gasteiger partial charge in [-0.05, 0) is 36.9 Å². The van der Waals surface area contributed by atoms with Crippen LogP contribution >= 0.6 is 0 Å². The lowest BCUT2D eigenvalue weighted by Crippen LogP contribution is -2.49. The molecular formula is C16H22FN3. The summed E-state index contributed by atoms with van der Waals surface area (Å²) in [5, 5.41) is 11.1. The van der Waals surface area contributed by atoms with Crippen LogP contribution in [0.15, 0.2) is 12.1 Å². The zero-order valence-corrected chi connectivity index (χ0v) is 11.2. The third-order valence-electron chi connectivity index (χ3n) is 2.70. The van der Waals surface area contributed by atoms with E-state index in [0.29, 0.717) is 0 Å². The molecule has 1 unspecified atom stereocenters. The molecular weight excluding hydrogens is 253 g/mol. The zero-order valence-electron chi connectivity index (χ0n) is 21.2. The van der Waals surface area contributed by atoms with Crippen molar-refractivity contribution >= 4 is 5.69 Å². The van der Waals surface area contributed by atoms with Crippen LogP contribution in [0.2, 0.25) is 0 Å².